The van der Waals surface area contributed by atoms with E-state index in [1.807, 2.05) is 0 Å². The van der Waals surface area contributed by atoms with Gasteiger partial charge in [0.05, 0.1) is 0 Å². The van der Waals surface area contributed by atoms with Gasteiger partial charge in [-0.2, -0.15) is 0 Å². The highest BCUT2D eigenvalue weighted by Gasteiger charge is 2.35. The molecule has 1 aromatic rings. The fourth-order valence-electron chi connectivity index (χ4n) is 4.44. The molecular weight excluding hydrogens is 256 g/mol. The fraction of sp³-hybridized carbons (Fsp3) is 0.684. The lowest BCUT2D eigenvalue weighted by Gasteiger charge is -2.40. The van der Waals surface area contributed by atoms with Gasteiger partial charge in [0.15, 0.2) is 0 Å². The summed E-state index contributed by atoms with van der Waals surface area (Å²) in [7, 11) is 0. The van der Waals surface area contributed by atoms with Gasteiger partial charge in [-0.1, -0.05) is 43.7 Å². The van der Waals surface area contributed by atoms with Crippen molar-refractivity contribution in [2.45, 2.75) is 44.9 Å². The van der Waals surface area contributed by atoms with Gasteiger partial charge in [-0.3, -0.25) is 0 Å². The molecule has 2 heterocycles. The van der Waals surface area contributed by atoms with Crippen LogP contribution in [0, 0.1) is 5.41 Å². The number of benzene rings is 1. The van der Waals surface area contributed by atoms with Crippen LogP contribution in [0.3, 0.4) is 0 Å². The van der Waals surface area contributed by atoms with Crippen LogP contribution >= 0.6 is 0 Å². The number of nitrogens with one attached hydrogen (secondary N) is 1. The van der Waals surface area contributed by atoms with E-state index < -0.39 is 0 Å². The Morgan fingerprint density at radius 3 is 2.86 bits per heavy atom. The monoisotopic (exact) mass is 286 g/mol. The molecular formula is C19H30N2. The van der Waals surface area contributed by atoms with Crippen LogP contribution in [-0.2, 0) is 0 Å². The number of hydrogen-bond donors (Lipinski definition) is 1. The first-order valence-electron chi connectivity index (χ1n) is 8.79. The van der Waals surface area contributed by atoms with Crippen LogP contribution in [0.2, 0.25) is 0 Å². The van der Waals surface area contributed by atoms with E-state index in [1.165, 1.54) is 70.4 Å². The van der Waals surface area contributed by atoms with Crippen LogP contribution in [0.4, 0.5) is 0 Å². The van der Waals surface area contributed by atoms with Gasteiger partial charge in [-0.05, 0) is 55.7 Å². The number of nitrogens with zero attached hydrogens (tertiary/aromatic N) is 1. The van der Waals surface area contributed by atoms with Crippen molar-refractivity contribution in [1.82, 2.24) is 10.2 Å². The lowest BCUT2D eigenvalue weighted by molar-refractivity contribution is 0.120. The summed E-state index contributed by atoms with van der Waals surface area (Å²) in [5.41, 5.74) is 2.07. The Bertz CT molecular complexity index is 417. The van der Waals surface area contributed by atoms with E-state index in [0.29, 0.717) is 5.41 Å². The second kappa shape index (κ2) is 6.93. The van der Waals surface area contributed by atoms with Crippen LogP contribution in [0.5, 0.6) is 0 Å². The minimum atomic E-state index is 0.540. The van der Waals surface area contributed by atoms with Gasteiger partial charge in [-0.15, -0.1) is 0 Å². The Balaban J connectivity index is 1.60. The van der Waals surface area contributed by atoms with Crippen molar-refractivity contribution in [1.29, 1.82) is 0 Å². The molecule has 2 aliphatic heterocycles. The van der Waals surface area contributed by atoms with Crippen molar-refractivity contribution < 1.29 is 0 Å². The summed E-state index contributed by atoms with van der Waals surface area (Å²) in [5.74, 6) is 0.751. The molecule has 0 amide bonds. The number of rotatable bonds is 5. The zero-order valence-corrected chi connectivity index (χ0v) is 13.5. The van der Waals surface area contributed by atoms with Crippen molar-refractivity contribution >= 4 is 0 Å². The summed E-state index contributed by atoms with van der Waals surface area (Å²) in [6, 6.07) is 11.1. The lowest BCUT2D eigenvalue weighted by Crippen LogP contribution is -2.47. The second-order valence-corrected chi connectivity index (χ2v) is 7.16. The quantitative estimate of drug-likeness (QED) is 0.889. The number of piperidine rings is 1. The summed E-state index contributed by atoms with van der Waals surface area (Å²) < 4.78 is 0. The minimum Gasteiger partial charge on any atom is -0.316 e. The Kier molecular flexibility index (Phi) is 4.97. The molecule has 2 fully saturated rings. The molecule has 2 heteroatoms. The molecule has 0 bridgehead atoms. The summed E-state index contributed by atoms with van der Waals surface area (Å²) >= 11 is 0. The van der Waals surface area contributed by atoms with Crippen molar-refractivity contribution in [3.63, 3.8) is 0 Å². The van der Waals surface area contributed by atoms with Gasteiger partial charge in [-0.25, -0.2) is 0 Å². The van der Waals surface area contributed by atoms with Crippen LogP contribution in [0.1, 0.15) is 50.5 Å². The molecule has 0 saturated carbocycles. The Morgan fingerprint density at radius 2 is 2.14 bits per heavy atom. The maximum atomic E-state index is 3.65. The third-order valence-corrected chi connectivity index (χ3v) is 5.44. The van der Waals surface area contributed by atoms with Crippen molar-refractivity contribution in [2.24, 2.45) is 5.41 Å². The molecule has 1 aromatic carbocycles. The third kappa shape index (κ3) is 3.67. The molecule has 2 unspecified atom stereocenters. The van der Waals surface area contributed by atoms with Crippen molar-refractivity contribution in [3.05, 3.63) is 35.9 Å². The minimum absolute atomic E-state index is 0.540. The highest BCUT2D eigenvalue weighted by Crippen LogP contribution is 2.35. The molecule has 0 aromatic heterocycles. The first kappa shape index (κ1) is 15.1. The Morgan fingerprint density at radius 1 is 1.29 bits per heavy atom. The van der Waals surface area contributed by atoms with Crippen molar-refractivity contribution in [3.8, 4) is 0 Å². The second-order valence-electron chi connectivity index (χ2n) is 7.16. The van der Waals surface area contributed by atoms with E-state index in [-0.39, 0.29) is 0 Å². The summed E-state index contributed by atoms with van der Waals surface area (Å²) in [5, 5.41) is 3.65. The molecule has 2 aliphatic rings. The zero-order valence-electron chi connectivity index (χ0n) is 13.5. The zero-order chi connectivity index (χ0) is 14.5. The summed E-state index contributed by atoms with van der Waals surface area (Å²) in [6.45, 7) is 8.64. The Hall–Kier alpha value is -0.860. The van der Waals surface area contributed by atoms with Gasteiger partial charge >= 0.3 is 0 Å². The predicted molar refractivity (Wildman–Crippen MR) is 89.7 cm³/mol. The molecule has 2 atom stereocenters. The van der Waals surface area contributed by atoms with Crippen LogP contribution in [0.15, 0.2) is 30.3 Å². The van der Waals surface area contributed by atoms with E-state index >= 15 is 0 Å². The largest absolute Gasteiger partial charge is 0.316 e. The van der Waals surface area contributed by atoms with Gasteiger partial charge in [0.1, 0.15) is 0 Å². The fourth-order valence-corrected chi connectivity index (χ4v) is 4.44. The maximum Gasteiger partial charge on any atom is 0.00510 e. The van der Waals surface area contributed by atoms with Gasteiger partial charge < -0.3 is 10.2 Å². The Labute approximate surface area is 129 Å². The molecule has 1 N–H and O–H groups in total. The van der Waals surface area contributed by atoms with E-state index in [1.54, 1.807) is 0 Å². The molecule has 0 radical (unpaired) electrons. The van der Waals surface area contributed by atoms with Crippen LogP contribution < -0.4 is 5.32 Å². The predicted octanol–water partition coefficient (Wildman–Crippen LogP) is 3.65. The van der Waals surface area contributed by atoms with E-state index in [0.717, 1.165) is 5.92 Å². The maximum absolute atomic E-state index is 3.65. The van der Waals surface area contributed by atoms with Gasteiger partial charge in [0, 0.05) is 19.6 Å². The molecule has 0 spiro atoms. The van der Waals surface area contributed by atoms with E-state index in [9.17, 15) is 0 Å². The smallest absolute Gasteiger partial charge is 0.00510 e. The SMILES string of the molecule is CCCC1(CN2CCC(c3ccccc3)C2)CCCNC1. The first-order valence-corrected chi connectivity index (χ1v) is 8.79. The molecule has 2 nitrogen and oxygen atoms in total. The topological polar surface area (TPSA) is 15.3 Å². The van der Waals surface area contributed by atoms with Gasteiger partial charge in [0.25, 0.3) is 0 Å². The lowest BCUT2D eigenvalue weighted by atomic mass is 9.76. The summed E-state index contributed by atoms with van der Waals surface area (Å²) in [4.78, 5) is 2.74. The highest BCUT2D eigenvalue weighted by atomic mass is 15.2. The molecule has 2 saturated heterocycles. The van der Waals surface area contributed by atoms with E-state index in [4.69, 9.17) is 0 Å². The molecule has 21 heavy (non-hydrogen) atoms. The molecule has 0 aliphatic carbocycles. The average molecular weight is 286 g/mol. The van der Waals surface area contributed by atoms with Crippen molar-refractivity contribution in [2.75, 3.05) is 32.7 Å². The summed E-state index contributed by atoms with van der Waals surface area (Å²) in [6.07, 6.45) is 6.81. The third-order valence-electron chi connectivity index (χ3n) is 5.44. The number of likely N-dealkylation sites (tertiary alicyclic amines) is 1. The first-order chi connectivity index (χ1) is 10.3. The molecule has 116 valence electrons. The van der Waals surface area contributed by atoms with Crippen LogP contribution in [0.25, 0.3) is 0 Å². The van der Waals surface area contributed by atoms with Crippen LogP contribution in [-0.4, -0.2) is 37.6 Å². The molecule has 3 rings (SSSR count). The highest BCUT2D eigenvalue weighted by molar-refractivity contribution is 5.21. The standard InChI is InChI=1S/C19H30N2/c1-2-10-19(11-6-12-20-15-19)16-21-13-9-18(14-21)17-7-4-3-5-8-17/h3-5,7-8,18,20H,2,6,9-16H2,1H3. The normalized spacial score (nSPS) is 30.6. The van der Waals surface area contributed by atoms with E-state index in [2.05, 4.69) is 47.5 Å². The number of hydrogen-bond acceptors (Lipinski definition) is 2. The average Bonchev–Trinajstić information content (AvgIpc) is 2.97. The van der Waals surface area contributed by atoms with Gasteiger partial charge in [0.2, 0.25) is 0 Å².